The van der Waals surface area contributed by atoms with Crippen LogP contribution in [0.1, 0.15) is 131 Å². The van der Waals surface area contributed by atoms with Crippen LogP contribution in [0.2, 0.25) is 0 Å². The van der Waals surface area contributed by atoms with Crippen molar-refractivity contribution < 1.29 is 13.9 Å². The molecule has 4 aromatic carbocycles. The van der Waals surface area contributed by atoms with Crippen LogP contribution < -0.4 is 0 Å². The van der Waals surface area contributed by atoms with Crippen molar-refractivity contribution in [3.8, 4) is 6.07 Å². The van der Waals surface area contributed by atoms with Gasteiger partial charge in [0, 0.05) is 0 Å². The van der Waals surface area contributed by atoms with E-state index >= 15 is 0 Å². The van der Waals surface area contributed by atoms with E-state index in [1.165, 1.54) is 89.2 Å². The van der Waals surface area contributed by atoms with Crippen molar-refractivity contribution in [2.45, 2.75) is 122 Å². The molecule has 0 unspecified atom stereocenters. The quantitative estimate of drug-likeness (QED) is 0.0554. The Morgan fingerprint density at radius 3 is 1.51 bits per heavy atom. The monoisotopic (exact) mass is 661 g/mol. The van der Waals surface area contributed by atoms with Gasteiger partial charge in [0.25, 0.3) is 0 Å². The molecule has 3 nitrogen and oxygen atoms in total. The minimum atomic E-state index is -0.840. The van der Waals surface area contributed by atoms with Crippen molar-refractivity contribution in [1.29, 1.82) is 5.26 Å². The van der Waals surface area contributed by atoms with Gasteiger partial charge in [0.1, 0.15) is 11.4 Å². The third-order valence-electron chi connectivity index (χ3n) is 9.48. The van der Waals surface area contributed by atoms with Gasteiger partial charge in [0.2, 0.25) is 0 Å². The SMILES string of the molecule is CCCCCCCCCCCCCCCC[C@@H](COC(c1ccccc1)(c1ccccc1)c1ccccc1)OCc1cc(F)cc(C#N)c1. The highest BCUT2D eigenvalue weighted by atomic mass is 19.1. The van der Waals surface area contributed by atoms with Gasteiger partial charge in [0.15, 0.2) is 0 Å². The summed E-state index contributed by atoms with van der Waals surface area (Å²) in [5, 5.41) is 9.38. The number of nitriles is 1. The first-order chi connectivity index (χ1) is 24.2. The van der Waals surface area contributed by atoms with Gasteiger partial charge in [-0.1, -0.05) is 188 Å². The van der Waals surface area contributed by atoms with Gasteiger partial charge in [-0.3, -0.25) is 0 Å². The molecule has 0 aliphatic heterocycles. The third-order valence-corrected chi connectivity index (χ3v) is 9.48. The normalized spacial score (nSPS) is 12.1. The van der Waals surface area contributed by atoms with Gasteiger partial charge < -0.3 is 9.47 Å². The lowest BCUT2D eigenvalue weighted by Crippen LogP contribution is -2.36. The second-order valence-electron chi connectivity index (χ2n) is 13.4. The van der Waals surface area contributed by atoms with E-state index in [-0.39, 0.29) is 12.7 Å². The fraction of sp³-hybridized carbons (Fsp3) is 0.444. The fourth-order valence-electron chi connectivity index (χ4n) is 6.78. The van der Waals surface area contributed by atoms with Crippen LogP contribution in [0.25, 0.3) is 0 Å². The highest BCUT2D eigenvalue weighted by molar-refractivity contribution is 5.47. The Bertz CT molecular complexity index is 1390. The standard InChI is InChI=1S/C45H56FNO2/c1-2-3-4-5-6-7-8-9-10-11-12-13-14-24-31-44(48-36-39-32-38(35-47)33-43(46)34-39)37-49-45(40-25-18-15-19-26-40,41-27-20-16-21-28-41)42-29-22-17-23-30-42/h15-23,25-30,32-34,44H,2-14,24,31,36-37H2,1H3/t44-/m0/s1. The number of unbranched alkanes of at least 4 members (excludes halogenated alkanes) is 13. The average molecular weight is 662 g/mol. The molecule has 0 N–H and O–H groups in total. The van der Waals surface area contributed by atoms with Crippen LogP contribution in [0.4, 0.5) is 4.39 Å². The van der Waals surface area contributed by atoms with Gasteiger partial charge in [-0.05, 0) is 46.9 Å². The molecule has 0 aliphatic carbocycles. The number of hydrogen-bond donors (Lipinski definition) is 0. The highest BCUT2D eigenvalue weighted by Crippen LogP contribution is 2.40. The van der Waals surface area contributed by atoms with Crippen LogP contribution in [0, 0.1) is 17.1 Å². The van der Waals surface area contributed by atoms with E-state index in [2.05, 4.69) is 85.8 Å². The number of benzene rings is 4. The molecule has 1 atom stereocenters. The average Bonchev–Trinajstić information content (AvgIpc) is 3.15. The lowest BCUT2D eigenvalue weighted by Gasteiger charge is -2.37. The summed E-state index contributed by atoms with van der Waals surface area (Å²) in [5.41, 5.74) is 3.26. The lowest BCUT2D eigenvalue weighted by atomic mass is 9.80. The largest absolute Gasteiger partial charge is 0.371 e. The Labute approximate surface area is 295 Å². The second kappa shape index (κ2) is 22.0. The first-order valence-electron chi connectivity index (χ1n) is 18.8. The maximum absolute atomic E-state index is 14.3. The molecule has 0 amide bonds. The molecule has 0 saturated carbocycles. The molecule has 0 bridgehead atoms. The molecule has 49 heavy (non-hydrogen) atoms. The summed E-state index contributed by atoms with van der Waals surface area (Å²) >= 11 is 0. The molecule has 260 valence electrons. The summed E-state index contributed by atoms with van der Waals surface area (Å²) < 4.78 is 27.9. The number of hydrogen-bond acceptors (Lipinski definition) is 3. The molecule has 0 saturated heterocycles. The highest BCUT2D eigenvalue weighted by Gasteiger charge is 2.38. The molecule has 4 rings (SSSR count). The summed E-state index contributed by atoms with van der Waals surface area (Å²) in [6.07, 6.45) is 19.0. The maximum atomic E-state index is 14.3. The van der Waals surface area contributed by atoms with Crippen LogP contribution in [-0.2, 0) is 21.7 Å². The zero-order chi connectivity index (χ0) is 34.4. The van der Waals surface area contributed by atoms with Crippen LogP contribution in [-0.4, -0.2) is 12.7 Å². The maximum Gasteiger partial charge on any atom is 0.143 e. The zero-order valence-electron chi connectivity index (χ0n) is 29.6. The van der Waals surface area contributed by atoms with Crippen molar-refractivity contribution in [3.63, 3.8) is 0 Å². The minimum absolute atomic E-state index is 0.207. The van der Waals surface area contributed by atoms with Gasteiger partial charge >= 0.3 is 0 Å². The van der Waals surface area contributed by atoms with Crippen LogP contribution in [0.5, 0.6) is 0 Å². The number of ether oxygens (including phenoxy) is 2. The van der Waals surface area contributed by atoms with Crippen molar-refractivity contribution in [2.24, 2.45) is 0 Å². The topological polar surface area (TPSA) is 42.2 Å². The molecule has 0 heterocycles. The smallest absolute Gasteiger partial charge is 0.143 e. The zero-order valence-corrected chi connectivity index (χ0v) is 29.6. The van der Waals surface area contributed by atoms with Crippen molar-refractivity contribution in [2.75, 3.05) is 6.61 Å². The summed E-state index contributed by atoms with van der Waals surface area (Å²) in [7, 11) is 0. The molecule has 0 radical (unpaired) electrons. The third kappa shape index (κ3) is 12.6. The Balaban J connectivity index is 1.40. The predicted octanol–water partition coefficient (Wildman–Crippen LogP) is 12.5. The first-order valence-corrected chi connectivity index (χ1v) is 18.8. The van der Waals surface area contributed by atoms with E-state index in [1.807, 2.05) is 18.2 Å². The lowest BCUT2D eigenvalue weighted by molar-refractivity contribution is -0.0731. The first kappa shape index (κ1) is 38.0. The van der Waals surface area contributed by atoms with Crippen LogP contribution >= 0.6 is 0 Å². The van der Waals surface area contributed by atoms with E-state index in [1.54, 1.807) is 6.07 Å². The predicted molar refractivity (Wildman–Crippen MR) is 200 cm³/mol. The Morgan fingerprint density at radius 1 is 0.612 bits per heavy atom. The van der Waals surface area contributed by atoms with E-state index in [9.17, 15) is 9.65 Å². The van der Waals surface area contributed by atoms with Gasteiger partial charge in [-0.15, -0.1) is 0 Å². The van der Waals surface area contributed by atoms with Crippen LogP contribution in [0.15, 0.2) is 109 Å². The molecular weight excluding hydrogens is 605 g/mol. The fourth-order valence-corrected chi connectivity index (χ4v) is 6.78. The number of nitrogens with zero attached hydrogens (tertiary/aromatic N) is 1. The van der Waals surface area contributed by atoms with Crippen molar-refractivity contribution in [1.82, 2.24) is 0 Å². The van der Waals surface area contributed by atoms with E-state index in [0.29, 0.717) is 17.7 Å². The molecule has 4 aromatic rings. The molecule has 0 aliphatic rings. The van der Waals surface area contributed by atoms with Gasteiger partial charge in [-0.2, -0.15) is 5.26 Å². The second-order valence-corrected chi connectivity index (χ2v) is 13.4. The molecule has 0 spiro atoms. The number of halogens is 1. The van der Waals surface area contributed by atoms with Crippen molar-refractivity contribution >= 4 is 0 Å². The van der Waals surface area contributed by atoms with E-state index in [4.69, 9.17) is 9.47 Å². The Morgan fingerprint density at radius 2 is 1.06 bits per heavy atom. The Kier molecular flexibility index (Phi) is 17.1. The minimum Gasteiger partial charge on any atom is -0.371 e. The summed E-state index contributed by atoms with van der Waals surface area (Å²) in [5.74, 6) is -0.423. The van der Waals surface area contributed by atoms with Gasteiger partial charge in [-0.25, -0.2) is 4.39 Å². The van der Waals surface area contributed by atoms with E-state index < -0.39 is 11.4 Å². The molecular formula is C45H56FNO2. The summed E-state index contributed by atoms with van der Waals surface area (Å²) in [6, 6.07) is 37.6. The van der Waals surface area contributed by atoms with E-state index in [0.717, 1.165) is 36.0 Å². The van der Waals surface area contributed by atoms with Crippen LogP contribution in [0.3, 0.4) is 0 Å². The summed E-state index contributed by atoms with van der Waals surface area (Å²) in [4.78, 5) is 0. The van der Waals surface area contributed by atoms with Gasteiger partial charge in [0.05, 0.1) is 31.0 Å². The molecule has 0 fully saturated rings. The van der Waals surface area contributed by atoms with Crippen molar-refractivity contribution in [3.05, 3.63) is 143 Å². The summed E-state index contributed by atoms with van der Waals surface area (Å²) in [6.45, 7) is 2.85. The Hall–Kier alpha value is -3.78. The molecule has 0 aromatic heterocycles. The molecule has 4 heteroatoms. The number of rotatable bonds is 24.